The zero-order valence-electron chi connectivity index (χ0n) is 16.4. The molecule has 9 heteroatoms. The first kappa shape index (κ1) is 23.0. The van der Waals surface area contributed by atoms with Crippen LogP contribution in [0.5, 0.6) is 11.5 Å². The number of ether oxygens (including phenoxy) is 2. The normalized spacial score (nSPS) is 10.9. The Morgan fingerprint density at radius 1 is 1.26 bits per heavy atom. The fourth-order valence-corrected chi connectivity index (χ4v) is 2.49. The molecular formula is C18H29IN6O2. The van der Waals surface area contributed by atoms with E-state index >= 15 is 0 Å². The molecule has 8 nitrogen and oxygen atoms in total. The molecule has 0 saturated carbocycles. The average Bonchev–Trinajstić information content (AvgIpc) is 3.13. The molecule has 0 spiro atoms. The molecule has 1 aromatic carbocycles. The summed E-state index contributed by atoms with van der Waals surface area (Å²) < 4.78 is 13.0. The highest BCUT2D eigenvalue weighted by Gasteiger charge is 2.07. The highest BCUT2D eigenvalue weighted by atomic mass is 127. The summed E-state index contributed by atoms with van der Waals surface area (Å²) in [7, 11) is 5.41. The van der Waals surface area contributed by atoms with Gasteiger partial charge in [0.15, 0.2) is 5.96 Å². The van der Waals surface area contributed by atoms with E-state index < -0.39 is 0 Å². The summed E-state index contributed by atoms with van der Waals surface area (Å²) in [6.07, 6.45) is 2.63. The summed E-state index contributed by atoms with van der Waals surface area (Å²) in [4.78, 5) is 6.35. The summed E-state index contributed by atoms with van der Waals surface area (Å²) in [6.45, 7) is 4.91. The number of guanidine groups is 1. The summed E-state index contributed by atoms with van der Waals surface area (Å²) >= 11 is 0. The number of hydrogen-bond acceptors (Lipinski definition) is 5. The van der Waals surface area contributed by atoms with Crippen LogP contribution in [0, 0.1) is 0 Å². The smallest absolute Gasteiger partial charge is 0.193 e. The van der Waals surface area contributed by atoms with Crippen LogP contribution in [0.25, 0.3) is 0 Å². The molecule has 0 unspecified atom stereocenters. The molecule has 0 aliphatic rings. The maximum Gasteiger partial charge on any atom is 0.193 e. The van der Waals surface area contributed by atoms with Crippen LogP contribution in [0.3, 0.4) is 0 Å². The van der Waals surface area contributed by atoms with Crippen LogP contribution >= 0.6 is 24.0 Å². The molecule has 0 aliphatic carbocycles. The van der Waals surface area contributed by atoms with Gasteiger partial charge >= 0.3 is 0 Å². The minimum Gasteiger partial charge on any atom is -0.497 e. The first-order valence-electron chi connectivity index (χ1n) is 8.73. The number of aryl methyl sites for hydroxylation is 1. The van der Waals surface area contributed by atoms with Crippen LogP contribution in [0.1, 0.15) is 12.7 Å². The largest absolute Gasteiger partial charge is 0.497 e. The van der Waals surface area contributed by atoms with E-state index in [1.54, 1.807) is 20.5 Å². The summed E-state index contributed by atoms with van der Waals surface area (Å²) in [5.41, 5.74) is 0. The van der Waals surface area contributed by atoms with E-state index in [1.165, 1.54) is 0 Å². The fourth-order valence-electron chi connectivity index (χ4n) is 2.49. The standard InChI is InChI=1S/C18H28N6O2.HI/c1-5-17-22-21-14-24(17)11-10-20-18(19-2)23(3)12-13-26-16-8-6-15(25-4)7-9-16;/h6-9,14H,5,10-13H2,1-4H3,(H,19,20);1H. The third-order valence-corrected chi connectivity index (χ3v) is 3.98. The maximum atomic E-state index is 5.76. The zero-order chi connectivity index (χ0) is 18.8. The molecule has 0 aliphatic heterocycles. The van der Waals surface area contributed by atoms with E-state index in [9.17, 15) is 0 Å². The van der Waals surface area contributed by atoms with Gasteiger partial charge < -0.3 is 24.3 Å². The lowest BCUT2D eigenvalue weighted by Crippen LogP contribution is -2.42. The van der Waals surface area contributed by atoms with Crippen molar-refractivity contribution >= 4 is 29.9 Å². The maximum absolute atomic E-state index is 5.76. The van der Waals surface area contributed by atoms with Gasteiger partial charge in [0.1, 0.15) is 30.3 Å². The molecule has 1 aromatic heterocycles. The van der Waals surface area contributed by atoms with Gasteiger partial charge in [0.25, 0.3) is 0 Å². The number of likely N-dealkylation sites (N-methyl/N-ethyl adjacent to an activating group) is 1. The molecular weight excluding hydrogens is 459 g/mol. The third-order valence-electron chi connectivity index (χ3n) is 3.98. The predicted molar refractivity (Wildman–Crippen MR) is 117 cm³/mol. The Labute approximate surface area is 178 Å². The minimum atomic E-state index is 0. The Bertz CT molecular complexity index is 689. The van der Waals surface area contributed by atoms with Gasteiger partial charge in [-0.1, -0.05) is 6.92 Å². The molecule has 2 rings (SSSR count). The van der Waals surface area contributed by atoms with Crippen LogP contribution in [0.4, 0.5) is 0 Å². The minimum absolute atomic E-state index is 0. The molecule has 27 heavy (non-hydrogen) atoms. The second-order valence-electron chi connectivity index (χ2n) is 5.71. The molecule has 1 heterocycles. The first-order chi connectivity index (χ1) is 12.7. The number of halogens is 1. The van der Waals surface area contributed by atoms with Crippen LogP contribution < -0.4 is 14.8 Å². The fraction of sp³-hybridized carbons (Fsp3) is 0.500. The third kappa shape index (κ3) is 7.24. The second kappa shape index (κ2) is 12.4. The molecule has 0 radical (unpaired) electrons. The highest BCUT2D eigenvalue weighted by molar-refractivity contribution is 14.0. The lowest BCUT2D eigenvalue weighted by atomic mass is 10.3. The topological polar surface area (TPSA) is 76.8 Å². The van der Waals surface area contributed by atoms with Crippen molar-refractivity contribution in [2.45, 2.75) is 19.9 Å². The Hall–Kier alpha value is -2.04. The summed E-state index contributed by atoms with van der Waals surface area (Å²) in [6, 6.07) is 7.57. The number of aromatic nitrogens is 3. The van der Waals surface area contributed by atoms with Gasteiger partial charge in [-0.2, -0.15) is 0 Å². The summed E-state index contributed by atoms with van der Waals surface area (Å²) in [5.74, 6) is 3.46. The number of nitrogens with zero attached hydrogens (tertiary/aromatic N) is 5. The second-order valence-corrected chi connectivity index (χ2v) is 5.71. The number of benzene rings is 1. The van der Waals surface area contributed by atoms with E-state index in [0.717, 1.165) is 49.3 Å². The molecule has 0 saturated heterocycles. The predicted octanol–water partition coefficient (Wildman–Crippen LogP) is 2.05. The van der Waals surface area contributed by atoms with Crippen molar-refractivity contribution in [1.82, 2.24) is 25.0 Å². The molecule has 2 aromatic rings. The van der Waals surface area contributed by atoms with E-state index in [1.807, 2.05) is 40.8 Å². The molecule has 0 amide bonds. The number of nitrogens with one attached hydrogen (secondary N) is 1. The summed E-state index contributed by atoms with van der Waals surface area (Å²) in [5, 5.41) is 11.4. The Morgan fingerprint density at radius 2 is 1.96 bits per heavy atom. The lowest BCUT2D eigenvalue weighted by Gasteiger charge is -2.22. The van der Waals surface area contributed by atoms with Crippen LogP contribution in [0.2, 0.25) is 0 Å². The number of rotatable bonds is 9. The van der Waals surface area contributed by atoms with E-state index in [0.29, 0.717) is 6.61 Å². The Balaban J connectivity index is 0.00000364. The van der Waals surface area contributed by atoms with Gasteiger partial charge in [0, 0.05) is 33.6 Å². The monoisotopic (exact) mass is 488 g/mol. The van der Waals surface area contributed by atoms with Gasteiger partial charge in [0.05, 0.1) is 13.7 Å². The van der Waals surface area contributed by atoms with Gasteiger partial charge in [-0.3, -0.25) is 4.99 Å². The molecule has 0 atom stereocenters. The number of hydrogen-bond donors (Lipinski definition) is 1. The average molecular weight is 488 g/mol. The van der Waals surface area contributed by atoms with Crippen LogP contribution in [-0.4, -0.2) is 66.5 Å². The SMILES string of the molecule is CCc1nncn1CCNC(=NC)N(C)CCOc1ccc(OC)cc1.I. The first-order valence-corrected chi connectivity index (χ1v) is 8.73. The molecule has 1 N–H and O–H groups in total. The lowest BCUT2D eigenvalue weighted by molar-refractivity contribution is 0.281. The van der Waals surface area contributed by atoms with Crippen LogP contribution in [0.15, 0.2) is 35.6 Å². The van der Waals surface area contributed by atoms with Gasteiger partial charge in [-0.25, -0.2) is 0 Å². The van der Waals surface area contributed by atoms with Gasteiger partial charge in [-0.15, -0.1) is 34.2 Å². The number of methoxy groups -OCH3 is 1. The van der Waals surface area contributed by atoms with E-state index in [2.05, 4.69) is 27.4 Å². The van der Waals surface area contributed by atoms with Gasteiger partial charge in [-0.05, 0) is 24.3 Å². The highest BCUT2D eigenvalue weighted by Crippen LogP contribution is 2.16. The zero-order valence-corrected chi connectivity index (χ0v) is 18.7. The molecule has 0 fully saturated rings. The van der Waals surface area contributed by atoms with Crippen molar-refractivity contribution in [3.8, 4) is 11.5 Å². The van der Waals surface area contributed by atoms with E-state index in [-0.39, 0.29) is 24.0 Å². The van der Waals surface area contributed by atoms with E-state index in [4.69, 9.17) is 9.47 Å². The van der Waals surface area contributed by atoms with Crippen molar-refractivity contribution in [2.24, 2.45) is 4.99 Å². The van der Waals surface area contributed by atoms with Crippen LogP contribution in [-0.2, 0) is 13.0 Å². The Kier molecular flexibility index (Phi) is 10.5. The van der Waals surface area contributed by atoms with Gasteiger partial charge in [0.2, 0.25) is 0 Å². The Morgan fingerprint density at radius 3 is 2.59 bits per heavy atom. The quantitative estimate of drug-likeness (QED) is 0.331. The van der Waals surface area contributed by atoms with Crippen molar-refractivity contribution < 1.29 is 9.47 Å². The van der Waals surface area contributed by atoms with Crippen molar-refractivity contribution in [1.29, 1.82) is 0 Å². The van der Waals surface area contributed by atoms with Crippen molar-refractivity contribution in [3.63, 3.8) is 0 Å². The van der Waals surface area contributed by atoms with Crippen molar-refractivity contribution in [3.05, 3.63) is 36.4 Å². The molecule has 150 valence electrons. The molecule has 0 bridgehead atoms. The van der Waals surface area contributed by atoms with Crippen molar-refractivity contribution in [2.75, 3.05) is 40.9 Å². The number of aliphatic imine (C=N–C) groups is 1.